The van der Waals surface area contributed by atoms with Crippen molar-refractivity contribution in [3.8, 4) is 28.8 Å². The zero-order valence-electron chi connectivity index (χ0n) is 22.2. The Balaban J connectivity index is 1.40. The Morgan fingerprint density at radius 1 is 0.902 bits per heavy atom. The number of fused-ring (bicyclic) bond motifs is 7. The van der Waals surface area contributed by atoms with E-state index in [9.17, 15) is 9.59 Å². The van der Waals surface area contributed by atoms with Crippen LogP contribution in [-0.2, 0) is 16.1 Å². The molecule has 1 aromatic heterocycles. The number of anilines is 2. The lowest BCUT2D eigenvalue weighted by molar-refractivity contribution is -0.111. The zero-order chi connectivity index (χ0) is 28.4. The molecule has 206 valence electrons. The first-order valence-corrected chi connectivity index (χ1v) is 13.0. The van der Waals surface area contributed by atoms with Gasteiger partial charge in [-0.25, -0.2) is 4.98 Å². The van der Waals surface area contributed by atoms with E-state index in [0.29, 0.717) is 48.2 Å². The summed E-state index contributed by atoms with van der Waals surface area (Å²) < 4.78 is 17.8. The van der Waals surface area contributed by atoms with E-state index in [4.69, 9.17) is 14.2 Å². The van der Waals surface area contributed by atoms with Crippen molar-refractivity contribution in [2.24, 2.45) is 0 Å². The standard InChI is InChI=1S/C32H28N4O5/c1-2-30(37)34-25-11-9-23(10-12-25)31(38)35-26-17-22-18-28(20-26)41-32-33-14-13-29(36-32)24-7-6-8-27(19-24)40-16-5-3-4-15-39-21-22/h2-4,6-14,17-20H,1,5,15-16,21H2,(H,34,37)(H,35,38)/b4-3+. The molecule has 2 amide bonds. The molecule has 41 heavy (non-hydrogen) atoms. The van der Waals surface area contributed by atoms with Gasteiger partial charge in [-0.3, -0.25) is 9.59 Å². The van der Waals surface area contributed by atoms with E-state index >= 15 is 0 Å². The second kappa shape index (κ2) is 13.2. The van der Waals surface area contributed by atoms with Crippen molar-refractivity contribution in [2.75, 3.05) is 23.8 Å². The number of aromatic nitrogens is 2. The summed E-state index contributed by atoms with van der Waals surface area (Å²) in [7, 11) is 0. The lowest BCUT2D eigenvalue weighted by atomic mass is 10.1. The van der Waals surface area contributed by atoms with Gasteiger partial charge in [0, 0.05) is 34.8 Å². The largest absolute Gasteiger partial charge is 0.493 e. The molecule has 1 aliphatic heterocycles. The summed E-state index contributed by atoms with van der Waals surface area (Å²) in [5.74, 6) is 0.534. The summed E-state index contributed by atoms with van der Waals surface area (Å²) in [6.07, 6.45) is 7.52. The average molecular weight is 549 g/mol. The molecule has 2 N–H and O–H groups in total. The molecule has 1 aliphatic rings. The third-order valence-electron chi connectivity index (χ3n) is 6.00. The molecule has 0 radical (unpaired) electrons. The minimum absolute atomic E-state index is 0.158. The number of carbonyl (C=O) groups is 2. The quantitative estimate of drug-likeness (QED) is 0.232. The van der Waals surface area contributed by atoms with Crippen LogP contribution in [0.2, 0.25) is 0 Å². The summed E-state index contributed by atoms with van der Waals surface area (Å²) in [6, 6.07) is 21.5. The second-order valence-electron chi connectivity index (χ2n) is 9.07. The molecular formula is C32H28N4O5. The second-order valence-corrected chi connectivity index (χ2v) is 9.07. The van der Waals surface area contributed by atoms with Gasteiger partial charge >= 0.3 is 6.01 Å². The van der Waals surface area contributed by atoms with Crippen molar-refractivity contribution in [1.82, 2.24) is 9.97 Å². The van der Waals surface area contributed by atoms with Gasteiger partial charge in [-0.15, -0.1) is 0 Å². The number of hydrogen-bond acceptors (Lipinski definition) is 7. The van der Waals surface area contributed by atoms with Gasteiger partial charge in [-0.2, -0.15) is 4.98 Å². The summed E-state index contributed by atoms with van der Waals surface area (Å²) >= 11 is 0. The molecule has 3 aromatic carbocycles. The Bertz CT molecular complexity index is 1580. The Labute approximate surface area is 237 Å². The number of amides is 2. The number of nitrogens with zero attached hydrogens (tertiary/aromatic N) is 2. The van der Waals surface area contributed by atoms with Crippen LogP contribution in [0.3, 0.4) is 0 Å². The van der Waals surface area contributed by atoms with Crippen molar-refractivity contribution in [2.45, 2.75) is 13.0 Å². The molecule has 0 atom stereocenters. The molecule has 0 spiro atoms. The Hall–Kier alpha value is -5.28. The molecule has 0 unspecified atom stereocenters. The minimum atomic E-state index is -0.329. The molecule has 5 rings (SSSR count). The average Bonchev–Trinajstić information content (AvgIpc) is 2.98. The fourth-order valence-corrected chi connectivity index (χ4v) is 4.05. The maximum Gasteiger partial charge on any atom is 0.322 e. The van der Waals surface area contributed by atoms with Gasteiger partial charge in [-0.05, 0) is 72.7 Å². The predicted molar refractivity (Wildman–Crippen MR) is 156 cm³/mol. The predicted octanol–water partition coefficient (Wildman–Crippen LogP) is 6.17. The maximum absolute atomic E-state index is 13.0. The van der Waals surface area contributed by atoms with Crippen LogP contribution >= 0.6 is 0 Å². The highest BCUT2D eigenvalue weighted by Gasteiger charge is 2.12. The van der Waals surface area contributed by atoms with E-state index in [0.717, 1.165) is 23.3 Å². The van der Waals surface area contributed by atoms with Gasteiger partial charge in [0.2, 0.25) is 5.91 Å². The third kappa shape index (κ3) is 7.65. The maximum atomic E-state index is 13.0. The van der Waals surface area contributed by atoms with Gasteiger partial charge in [0.15, 0.2) is 0 Å². The molecule has 4 aromatic rings. The van der Waals surface area contributed by atoms with Crippen molar-refractivity contribution in [1.29, 1.82) is 0 Å². The fraction of sp³-hybridized carbons (Fsp3) is 0.125. The summed E-state index contributed by atoms with van der Waals surface area (Å²) in [5, 5.41) is 5.57. The van der Waals surface area contributed by atoms with E-state index in [1.807, 2.05) is 48.6 Å². The number of carbonyl (C=O) groups excluding carboxylic acids is 2. The smallest absolute Gasteiger partial charge is 0.322 e. The van der Waals surface area contributed by atoms with Gasteiger partial charge < -0.3 is 24.8 Å². The number of hydrogen-bond donors (Lipinski definition) is 2. The van der Waals surface area contributed by atoms with E-state index in [-0.39, 0.29) is 17.8 Å². The van der Waals surface area contributed by atoms with Crippen molar-refractivity contribution < 1.29 is 23.8 Å². The Morgan fingerprint density at radius 2 is 1.78 bits per heavy atom. The first-order valence-electron chi connectivity index (χ1n) is 13.0. The number of ether oxygens (including phenoxy) is 3. The normalized spacial score (nSPS) is 13.8. The first-order chi connectivity index (χ1) is 20.1. The summed E-state index contributed by atoms with van der Waals surface area (Å²) in [6.45, 7) is 4.69. The van der Waals surface area contributed by atoms with Crippen LogP contribution in [0.4, 0.5) is 11.4 Å². The SMILES string of the molecule is C=CC(=O)Nc1ccc(C(=O)Nc2cc3cc(c2)Oc2nccc(n2)-c2cccc(c2)OCC/C=C/COC3)cc1. The monoisotopic (exact) mass is 548 g/mol. The molecule has 0 aliphatic carbocycles. The van der Waals surface area contributed by atoms with Gasteiger partial charge in [0.25, 0.3) is 5.91 Å². The summed E-state index contributed by atoms with van der Waals surface area (Å²) in [5.41, 5.74) is 3.84. The van der Waals surface area contributed by atoms with E-state index in [2.05, 4.69) is 27.2 Å². The Kier molecular flexibility index (Phi) is 8.78. The van der Waals surface area contributed by atoms with Crippen LogP contribution in [0, 0.1) is 0 Å². The molecule has 0 saturated heterocycles. The lowest BCUT2D eigenvalue weighted by Crippen LogP contribution is -2.13. The van der Waals surface area contributed by atoms with Crippen LogP contribution in [0.5, 0.6) is 17.5 Å². The molecular weight excluding hydrogens is 520 g/mol. The summed E-state index contributed by atoms with van der Waals surface area (Å²) in [4.78, 5) is 33.4. The van der Waals surface area contributed by atoms with Crippen LogP contribution in [0.25, 0.3) is 11.3 Å². The van der Waals surface area contributed by atoms with Crippen LogP contribution in [-0.4, -0.2) is 35.0 Å². The topological polar surface area (TPSA) is 112 Å². The first kappa shape index (κ1) is 27.3. The van der Waals surface area contributed by atoms with Gasteiger partial charge in [0.05, 0.1) is 25.5 Å². The fourth-order valence-electron chi connectivity index (χ4n) is 4.05. The van der Waals surface area contributed by atoms with Crippen molar-refractivity contribution in [3.05, 3.63) is 115 Å². The minimum Gasteiger partial charge on any atom is -0.493 e. The van der Waals surface area contributed by atoms with E-state index < -0.39 is 0 Å². The van der Waals surface area contributed by atoms with E-state index in [1.54, 1.807) is 42.6 Å². The van der Waals surface area contributed by atoms with Crippen LogP contribution in [0.15, 0.2) is 104 Å². The number of nitrogens with one attached hydrogen (secondary N) is 2. The van der Waals surface area contributed by atoms with Crippen molar-refractivity contribution >= 4 is 23.2 Å². The molecule has 6 bridgehead atoms. The molecule has 0 fully saturated rings. The molecule has 0 saturated carbocycles. The molecule has 2 heterocycles. The number of benzene rings is 3. The van der Waals surface area contributed by atoms with Crippen molar-refractivity contribution in [3.63, 3.8) is 0 Å². The van der Waals surface area contributed by atoms with Gasteiger partial charge in [-0.1, -0.05) is 30.9 Å². The van der Waals surface area contributed by atoms with Gasteiger partial charge in [0.1, 0.15) is 11.5 Å². The highest BCUT2D eigenvalue weighted by Crippen LogP contribution is 2.28. The van der Waals surface area contributed by atoms with Crippen LogP contribution < -0.4 is 20.1 Å². The van der Waals surface area contributed by atoms with Crippen LogP contribution in [0.1, 0.15) is 22.3 Å². The third-order valence-corrected chi connectivity index (χ3v) is 6.00. The molecule has 9 nitrogen and oxygen atoms in total. The van der Waals surface area contributed by atoms with E-state index in [1.165, 1.54) is 6.08 Å². The zero-order valence-corrected chi connectivity index (χ0v) is 22.2. The molecule has 9 heteroatoms. The number of rotatable bonds is 4. The lowest BCUT2D eigenvalue weighted by Gasteiger charge is -2.13. The Morgan fingerprint density at radius 3 is 2.63 bits per heavy atom. The highest BCUT2D eigenvalue weighted by molar-refractivity contribution is 6.05. The highest BCUT2D eigenvalue weighted by atomic mass is 16.5.